The van der Waals surface area contributed by atoms with E-state index in [9.17, 15) is 0 Å². The fraction of sp³-hybridized carbons (Fsp3) is 0.600. The van der Waals surface area contributed by atoms with E-state index in [4.69, 9.17) is 4.74 Å². The lowest BCUT2D eigenvalue weighted by atomic mass is 10.1. The van der Waals surface area contributed by atoms with Crippen molar-refractivity contribution < 1.29 is 4.74 Å². The predicted molar refractivity (Wildman–Crippen MR) is 88.9 cm³/mol. The number of rotatable bonds is 6. The number of hydrogen-bond donors (Lipinski definition) is 0. The molecule has 0 aliphatic heterocycles. The summed E-state index contributed by atoms with van der Waals surface area (Å²) >= 11 is 3.40. The Bertz CT molecular complexity index is 571. The molecular formula is C15H23N3OS2. The molecule has 6 heteroatoms. The summed E-state index contributed by atoms with van der Waals surface area (Å²) in [5, 5.41) is 4.20. The van der Waals surface area contributed by atoms with Gasteiger partial charge in [-0.2, -0.15) is 0 Å². The minimum atomic E-state index is 0.0511. The highest BCUT2D eigenvalue weighted by atomic mass is 32.2. The van der Waals surface area contributed by atoms with Gasteiger partial charge in [-0.15, -0.1) is 11.3 Å². The fourth-order valence-corrected chi connectivity index (χ4v) is 3.90. The first-order valence-corrected chi connectivity index (χ1v) is 9.01. The predicted octanol–water partition coefficient (Wildman–Crippen LogP) is 4.48. The Balaban J connectivity index is 2.00. The van der Waals surface area contributed by atoms with Crippen molar-refractivity contribution in [1.29, 1.82) is 0 Å². The molecule has 0 amide bonds. The van der Waals surface area contributed by atoms with E-state index in [1.54, 1.807) is 23.1 Å². The molecule has 0 saturated carbocycles. The highest BCUT2D eigenvalue weighted by Crippen LogP contribution is 2.28. The molecule has 0 radical (unpaired) electrons. The van der Waals surface area contributed by atoms with Crippen LogP contribution in [0.25, 0.3) is 0 Å². The molecule has 2 rings (SSSR count). The minimum Gasteiger partial charge on any atom is -0.372 e. The zero-order valence-electron chi connectivity index (χ0n) is 13.3. The van der Waals surface area contributed by atoms with Crippen molar-refractivity contribution in [3.63, 3.8) is 0 Å². The van der Waals surface area contributed by atoms with Crippen LogP contribution in [0.2, 0.25) is 0 Å². The van der Waals surface area contributed by atoms with Crippen LogP contribution in [0.4, 0.5) is 0 Å². The summed E-state index contributed by atoms with van der Waals surface area (Å²) in [4.78, 5) is 9.10. The summed E-state index contributed by atoms with van der Waals surface area (Å²) in [6.45, 7) is 11.3. The largest absolute Gasteiger partial charge is 0.372 e. The number of ether oxygens (including phenoxy) is 1. The molecule has 0 fully saturated rings. The third-order valence-corrected chi connectivity index (χ3v) is 5.07. The van der Waals surface area contributed by atoms with Crippen molar-refractivity contribution in [3.05, 3.63) is 28.5 Å². The molecule has 0 N–H and O–H groups in total. The summed E-state index contributed by atoms with van der Waals surface area (Å²) in [7, 11) is 0. The van der Waals surface area contributed by atoms with Crippen LogP contribution in [0.15, 0.2) is 22.9 Å². The van der Waals surface area contributed by atoms with Crippen molar-refractivity contribution in [2.45, 2.75) is 57.2 Å². The number of nitrogens with zero attached hydrogens (tertiary/aromatic N) is 3. The zero-order chi connectivity index (χ0) is 15.5. The van der Waals surface area contributed by atoms with Crippen LogP contribution in [0.5, 0.6) is 0 Å². The van der Waals surface area contributed by atoms with Gasteiger partial charge in [-0.25, -0.2) is 9.97 Å². The molecule has 0 unspecified atom stereocenters. The monoisotopic (exact) mass is 325 g/mol. The summed E-state index contributed by atoms with van der Waals surface area (Å²) in [6, 6.07) is 0. The van der Waals surface area contributed by atoms with Crippen molar-refractivity contribution >= 4 is 23.1 Å². The molecule has 0 aromatic carbocycles. The second-order valence-corrected chi connectivity index (χ2v) is 7.65. The lowest BCUT2D eigenvalue weighted by molar-refractivity contribution is 0.0761. The smallest absolute Gasteiger partial charge is 0.168 e. The fourth-order valence-electron chi connectivity index (χ4n) is 1.94. The number of imidazole rings is 1. The quantitative estimate of drug-likeness (QED) is 0.734. The second kappa shape index (κ2) is 6.94. The molecule has 21 heavy (non-hydrogen) atoms. The van der Waals surface area contributed by atoms with Gasteiger partial charge < -0.3 is 9.30 Å². The number of hydrogen-bond acceptors (Lipinski definition) is 5. The Morgan fingerprint density at radius 3 is 2.86 bits per heavy atom. The Hall–Kier alpha value is -0.850. The zero-order valence-corrected chi connectivity index (χ0v) is 14.9. The lowest BCUT2D eigenvalue weighted by Crippen LogP contribution is -2.21. The topological polar surface area (TPSA) is 39.9 Å². The van der Waals surface area contributed by atoms with Crippen molar-refractivity contribution in [3.8, 4) is 0 Å². The molecule has 116 valence electrons. The molecule has 0 bridgehead atoms. The first-order valence-electron chi connectivity index (χ1n) is 7.14. The van der Waals surface area contributed by atoms with Crippen LogP contribution in [0.1, 0.15) is 51.4 Å². The summed E-state index contributed by atoms with van der Waals surface area (Å²) in [6.07, 6.45) is 3.97. The van der Waals surface area contributed by atoms with Crippen LogP contribution < -0.4 is 0 Å². The molecule has 0 aliphatic rings. The maximum absolute atomic E-state index is 5.58. The maximum Gasteiger partial charge on any atom is 0.168 e. The van der Waals surface area contributed by atoms with Crippen LogP contribution >= 0.6 is 23.1 Å². The van der Waals surface area contributed by atoms with Crippen LogP contribution in [-0.2, 0) is 16.0 Å². The molecule has 4 nitrogen and oxygen atoms in total. The van der Waals surface area contributed by atoms with E-state index >= 15 is 0 Å². The Morgan fingerprint density at radius 2 is 2.19 bits per heavy atom. The standard InChI is InChI=1S/C15H23N3OS2/c1-6-19-11(2)13-17-12(9-20-13)10-21-14-16-7-8-18(14)15(3,4)5/h7-9,11H,6,10H2,1-5H3/t11-/m0/s1. The van der Waals surface area contributed by atoms with Crippen molar-refractivity contribution in [2.75, 3.05) is 6.61 Å². The highest BCUT2D eigenvalue weighted by Gasteiger charge is 2.17. The summed E-state index contributed by atoms with van der Waals surface area (Å²) < 4.78 is 7.78. The first kappa shape index (κ1) is 16.5. The number of thiazole rings is 1. The van der Waals surface area contributed by atoms with Gasteiger partial charge in [0.25, 0.3) is 0 Å². The van der Waals surface area contributed by atoms with E-state index in [0.717, 1.165) is 21.6 Å². The van der Waals surface area contributed by atoms with E-state index in [-0.39, 0.29) is 11.6 Å². The van der Waals surface area contributed by atoms with E-state index < -0.39 is 0 Å². The number of aromatic nitrogens is 3. The van der Waals surface area contributed by atoms with Crippen molar-refractivity contribution in [2.24, 2.45) is 0 Å². The molecule has 2 aromatic heterocycles. The summed E-state index contributed by atoms with van der Waals surface area (Å²) in [5.74, 6) is 0.836. The van der Waals surface area contributed by atoms with Crippen LogP contribution in [0, 0.1) is 0 Å². The van der Waals surface area contributed by atoms with E-state index in [0.29, 0.717) is 6.61 Å². The summed E-state index contributed by atoms with van der Waals surface area (Å²) in [5.41, 5.74) is 1.14. The van der Waals surface area contributed by atoms with Gasteiger partial charge in [0.15, 0.2) is 5.16 Å². The third kappa shape index (κ3) is 4.31. The van der Waals surface area contributed by atoms with Crippen LogP contribution in [-0.4, -0.2) is 21.1 Å². The van der Waals surface area contributed by atoms with Gasteiger partial charge in [0, 0.05) is 35.7 Å². The number of thioether (sulfide) groups is 1. The van der Waals surface area contributed by atoms with Gasteiger partial charge in [-0.3, -0.25) is 0 Å². The third-order valence-electron chi connectivity index (χ3n) is 3.01. The lowest BCUT2D eigenvalue weighted by Gasteiger charge is -2.22. The SMILES string of the molecule is CCO[C@@H](C)c1nc(CSc2nccn2C(C)(C)C)cs1. The van der Waals surface area contributed by atoms with Crippen molar-refractivity contribution in [1.82, 2.24) is 14.5 Å². The van der Waals surface area contributed by atoms with Gasteiger partial charge in [-0.1, -0.05) is 11.8 Å². The molecular weight excluding hydrogens is 302 g/mol. The average Bonchev–Trinajstić information content (AvgIpc) is 3.05. The van der Waals surface area contributed by atoms with E-state index in [1.165, 1.54) is 0 Å². The minimum absolute atomic E-state index is 0.0511. The Labute approximate surface area is 135 Å². The normalized spacial score (nSPS) is 13.6. The van der Waals surface area contributed by atoms with Gasteiger partial charge >= 0.3 is 0 Å². The average molecular weight is 326 g/mol. The Kier molecular flexibility index (Phi) is 5.46. The molecule has 1 atom stereocenters. The van der Waals surface area contributed by atoms with E-state index in [1.807, 2.05) is 26.2 Å². The van der Waals surface area contributed by atoms with Gasteiger partial charge in [0.1, 0.15) is 11.1 Å². The Morgan fingerprint density at radius 1 is 1.43 bits per heavy atom. The van der Waals surface area contributed by atoms with Gasteiger partial charge in [0.2, 0.25) is 0 Å². The molecule has 0 aliphatic carbocycles. The molecule has 2 heterocycles. The highest BCUT2D eigenvalue weighted by molar-refractivity contribution is 7.98. The first-order chi connectivity index (χ1) is 9.91. The van der Waals surface area contributed by atoms with Crippen LogP contribution in [0.3, 0.4) is 0 Å². The second-order valence-electron chi connectivity index (χ2n) is 5.81. The molecule has 2 aromatic rings. The van der Waals surface area contributed by atoms with E-state index in [2.05, 4.69) is 40.7 Å². The molecule has 0 spiro atoms. The maximum atomic E-state index is 5.58. The molecule has 0 saturated heterocycles. The van der Waals surface area contributed by atoms with Gasteiger partial charge in [-0.05, 0) is 34.6 Å². The van der Waals surface area contributed by atoms with Gasteiger partial charge in [0.05, 0.1) is 5.69 Å².